The summed E-state index contributed by atoms with van der Waals surface area (Å²) in [5, 5.41) is 79.0. The summed E-state index contributed by atoms with van der Waals surface area (Å²) in [6, 6.07) is 8.84. The molecule has 3 aromatic rings. The van der Waals surface area contributed by atoms with E-state index in [9.17, 15) is 68.5 Å². The van der Waals surface area contributed by atoms with E-state index in [0.717, 1.165) is 4.90 Å². The lowest BCUT2D eigenvalue weighted by molar-refractivity contribution is -0.271. The number of hydrogen-bond acceptors (Lipinski definition) is 24. The third-order valence-corrected chi connectivity index (χ3v) is 19.6. The molecule has 7 amide bonds. The summed E-state index contributed by atoms with van der Waals surface area (Å²) in [5.74, 6) is -6.76. The highest BCUT2D eigenvalue weighted by molar-refractivity contribution is 7.53. The highest BCUT2D eigenvalue weighted by atomic mass is 31.2. The Hall–Kier alpha value is -7.39. The van der Waals surface area contributed by atoms with Crippen LogP contribution >= 0.6 is 7.60 Å². The van der Waals surface area contributed by atoms with Crippen LogP contribution in [0.3, 0.4) is 0 Å². The standard InChI is InChI=1S/C66H102N11O21P/c1-15-38(8)54(46(92-13)33-51(80)77-31-21-24-44(77)59(93-14)39(9)61(85)68-40(10)55(81)42-22-19-18-20-23-42)75(11)63(87)52(36(4)5)70-62(86)53(37(6)7)76(12)66(90)94-34-41-25-26-45(97-65-58(84)56(82)57(83)60(98-65)64(88)89)43(32-41)69-50(79)29-30-67-49(78)28-27-47-71-73-48(74-72-47)35-99(91,95-16-2)96-17-3/h18-20,22-23,25-26,32,36-40,44,46,52-60,65,81-84H,15-17,21,24,27-31,33-35H2,1-14H3,(H,67,78)(H,68,85)(H,69,79)(H,70,86)(H,88,89)/t38-,39+,40+,44-,46+,52-,53-,54-,55+,56-,57-,58+,59+,60-,65+/m0/s1. The molecule has 0 unspecified atom stereocenters. The number of hydrogen-bond donors (Lipinski definition) is 9. The fourth-order valence-electron chi connectivity index (χ4n) is 12.1. The van der Waals surface area contributed by atoms with Gasteiger partial charge in [0.05, 0.1) is 67.7 Å². The zero-order valence-corrected chi connectivity index (χ0v) is 59.9. The molecule has 2 aliphatic rings. The molecular formula is C66H102N11O21P. The van der Waals surface area contributed by atoms with Gasteiger partial charge in [0.15, 0.2) is 17.8 Å². The molecule has 2 saturated heterocycles. The number of nitrogens with zero attached hydrogens (tertiary/aromatic N) is 7. The van der Waals surface area contributed by atoms with Crippen molar-refractivity contribution in [3.05, 3.63) is 71.3 Å². The van der Waals surface area contributed by atoms with E-state index < -0.39 is 147 Å². The molecule has 2 fully saturated rings. The molecule has 5 rings (SSSR count). The van der Waals surface area contributed by atoms with Crippen molar-refractivity contribution in [1.29, 1.82) is 0 Å². The lowest BCUT2D eigenvalue weighted by Gasteiger charge is -2.41. The molecule has 2 aromatic carbocycles. The maximum Gasteiger partial charge on any atom is 0.410 e. The Bertz CT molecular complexity index is 3180. The number of anilines is 1. The maximum absolute atomic E-state index is 14.9. The summed E-state index contributed by atoms with van der Waals surface area (Å²) in [5.41, 5.74) is 0.734. The van der Waals surface area contributed by atoms with Gasteiger partial charge in [-0.2, -0.15) is 0 Å². The minimum absolute atomic E-state index is 0.00472. The number of aryl methyl sites for hydroxylation is 1. The number of carboxylic acid groups (broad SMARTS) is 1. The zero-order chi connectivity index (χ0) is 73.6. The number of rotatable bonds is 38. The highest BCUT2D eigenvalue weighted by Crippen LogP contribution is 2.50. The summed E-state index contributed by atoms with van der Waals surface area (Å²) in [7, 11) is 2.38. The van der Waals surface area contributed by atoms with Gasteiger partial charge >= 0.3 is 19.7 Å². The molecule has 0 radical (unpaired) electrons. The van der Waals surface area contributed by atoms with Gasteiger partial charge in [0.25, 0.3) is 0 Å². The Kier molecular flexibility index (Phi) is 32.4. The van der Waals surface area contributed by atoms with Gasteiger partial charge in [-0.3, -0.25) is 38.2 Å². The predicted molar refractivity (Wildman–Crippen MR) is 357 cm³/mol. The van der Waals surface area contributed by atoms with E-state index in [4.69, 9.17) is 32.7 Å². The number of ether oxygens (including phenoxy) is 5. The van der Waals surface area contributed by atoms with E-state index in [1.54, 1.807) is 91.6 Å². The number of aliphatic hydroxyl groups is 4. The largest absolute Gasteiger partial charge is 0.479 e. The highest BCUT2D eigenvalue weighted by Gasteiger charge is 2.49. The molecule has 0 aliphatic carbocycles. The lowest BCUT2D eigenvalue weighted by Crippen LogP contribution is -2.61. The zero-order valence-electron chi connectivity index (χ0n) is 59.0. The van der Waals surface area contributed by atoms with Crippen molar-refractivity contribution in [3.8, 4) is 5.75 Å². The second-order valence-corrected chi connectivity index (χ2v) is 27.5. The molecule has 0 saturated carbocycles. The average Bonchev–Trinajstić information content (AvgIpc) is 1.80. The van der Waals surface area contributed by atoms with Crippen LogP contribution in [0.1, 0.15) is 137 Å². The predicted octanol–water partition coefficient (Wildman–Crippen LogP) is 3.27. The van der Waals surface area contributed by atoms with E-state index >= 15 is 0 Å². The topological polar surface area (TPSA) is 429 Å². The van der Waals surface area contributed by atoms with Crippen LogP contribution in [0.25, 0.3) is 0 Å². The number of aromatic nitrogens is 4. The Morgan fingerprint density at radius 2 is 1.42 bits per heavy atom. The summed E-state index contributed by atoms with van der Waals surface area (Å²) in [6.45, 7) is 17.5. The quantitative estimate of drug-likeness (QED) is 0.0372. The van der Waals surface area contributed by atoms with E-state index in [-0.39, 0.29) is 98.0 Å². The van der Waals surface area contributed by atoms with Crippen LogP contribution in [-0.4, -0.2) is 236 Å². The molecule has 1 aromatic heterocycles. The maximum atomic E-state index is 14.9. The van der Waals surface area contributed by atoms with Crippen molar-refractivity contribution in [2.24, 2.45) is 23.7 Å². The van der Waals surface area contributed by atoms with Crippen LogP contribution in [0.2, 0.25) is 0 Å². The van der Waals surface area contributed by atoms with E-state index in [2.05, 4.69) is 41.7 Å². The first-order valence-electron chi connectivity index (χ1n) is 33.4. The Morgan fingerprint density at radius 1 is 0.778 bits per heavy atom. The van der Waals surface area contributed by atoms with Gasteiger partial charge in [-0.1, -0.05) is 91.3 Å². The van der Waals surface area contributed by atoms with Crippen LogP contribution in [0, 0.1) is 23.7 Å². The van der Waals surface area contributed by atoms with Crippen molar-refractivity contribution < 1.29 is 101 Å². The van der Waals surface area contributed by atoms with Gasteiger partial charge in [0.2, 0.25) is 41.7 Å². The second kappa shape index (κ2) is 39.0. The fourth-order valence-corrected chi connectivity index (χ4v) is 13.6. The Balaban J connectivity index is 1.25. The van der Waals surface area contributed by atoms with Gasteiger partial charge in [-0.05, 0) is 74.6 Å². The van der Waals surface area contributed by atoms with Crippen molar-refractivity contribution >= 4 is 60.8 Å². The third-order valence-electron chi connectivity index (χ3n) is 17.6. The normalized spacial score (nSPS) is 20.6. The van der Waals surface area contributed by atoms with Gasteiger partial charge in [0.1, 0.15) is 48.9 Å². The monoisotopic (exact) mass is 1420 g/mol. The number of carbonyl (C=O) groups excluding carboxylic acids is 7. The minimum atomic E-state index is -3.53. The van der Waals surface area contributed by atoms with Crippen molar-refractivity contribution in [1.82, 2.24) is 51.0 Å². The Labute approximate surface area is 577 Å². The molecule has 15 atom stereocenters. The fraction of sp³-hybridized carbons (Fsp3) is 0.667. The first-order valence-corrected chi connectivity index (χ1v) is 35.1. The van der Waals surface area contributed by atoms with Gasteiger partial charge in [-0.25, -0.2) is 9.59 Å². The summed E-state index contributed by atoms with van der Waals surface area (Å²) >= 11 is 0. The molecule has 99 heavy (non-hydrogen) atoms. The molecule has 552 valence electrons. The molecule has 33 heteroatoms. The van der Waals surface area contributed by atoms with Crippen molar-refractivity contribution in [2.45, 2.75) is 206 Å². The second-order valence-electron chi connectivity index (χ2n) is 25.5. The van der Waals surface area contributed by atoms with Gasteiger partial charge in [0, 0.05) is 60.7 Å². The Morgan fingerprint density at radius 3 is 2.01 bits per heavy atom. The number of amides is 7. The smallest absolute Gasteiger partial charge is 0.410 e. The number of aliphatic hydroxyl groups excluding tert-OH is 4. The lowest BCUT2D eigenvalue weighted by atomic mass is 9.89. The summed E-state index contributed by atoms with van der Waals surface area (Å²) in [6.07, 6.45) is -12.5. The number of likely N-dealkylation sites (tertiary alicyclic amines) is 1. The third kappa shape index (κ3) is 22.8. The van der Waals surface area contributed by atoms with Crippen LogP contribution in [0.5, 0.6) is 5.75 Å². The molecule has 0 bridgehead atoms. The SMILES string of the molecule is CCOP(=O)(Cc1nnc(CCC(=O)NCCC(=O)Nc2cc(COC(=O)N(C)[C@H](C(=O)N[C@H](C(=O)N(C)[C@@H]([C@@H](C)CC)[C@@H](CC(=O)N3CCC[C@H]3[C@H](OC)[C@@H](C)C(=O)N[C@H](C)[C@@H](O)c3ccccc3)OC)C(C)C)C(C)C)ccc2O[C@@H]2O[C@H](C(=O)O)[C@@H](O)[C@H](O)[C@H]2O)nn1)OCC. The molecule has 32 nitrogen and oxygen atoms in total. The molecule has 0 spiro atoms. The number of carbonyl (C=O) groups is 8. The van der Waals surface area contributed by atoms with Crippen LogP contribution in [0.15, 0.2) is 48.5 Å². The summed E-state index contributed by atoms with van der Waals surface area (Å²) < 4.78 is 52.3. The van der Waals surface area contributed by atoms with Crippen LogP contribution in [-0.2, 0) is 85.3 Å². The molecular weight excluding hydrogens is 1310 g/mol. The first-order chi connectivity index (χ1) is 46.8. The average molecular weight is 1420 g/mol. The summed E-state index contributed by atoms with van der Waals surface area (Å²) in [4.78, 5) is 114. The van der Waals surface area contributed by atoms with E-state index in [1.165, 1.54) is 44.4 Å². The molecule has 9 N–H and O–H groups in total. The number of likely N-dealkylation sites (N-methyl/N-ethyl adjacent to an activating group) is 2. The number of carboxylic acids is 1. The van der Waals surface area contributed by atoms with Crippen LogP contribution in [0.4, 0.5) is 10.5 Å². The van der Waals surface area contributed by atoms with Crippen molar-refractivity contribution in [3.63, 3.8) is 0 Å². The first kappa shape index (κ1) is 82.3. The van der Waals surface area contributed by atoms with Gasteiger partial charge < -0.3 is 89.3 Å². The number of methoxy groups -OCH3 is 2. The minimum Gasteiger partial charge on any atom is -0.479 e. The van der Waals surface area contributed by atoms with E-state index in [1.807, 2.05) is 19.9 Å². The number of benzene rings is 2. The number of nitrogens with one attached hydrogen (secondary N) is 4. The number of aliphatic carboxylic acids is 1. The van der Waals surface area contributed by atoms with E-state index in [0.29, 0.717) is 31.4 Å². The molecule has 3 heterocycles. The van der Waals surface area contributed by atoms with Crippen LogP contribution < -0.4 is 26.0 Å². The van der Waals surface area contributed by atoms with Crippen molar-refractivity contribution in [2.75, 3.05) is 59.9 Å². The molecule has 2 aliphatic heterocycles. The van der Waals surface area contributed by atoms with Gasteiger partial charge in [-0.15, -0.1) is 20.4 Å².